The second-order valence-corrected chi connectivity index (χ2v) is 11.5. The van der Waals surface area contributed by atoms with Gasteiger partial charge in [0.15, 0.2) is 0 Å². The van der Waals surface area contributed by atoms with Crippen LogP contribution in [-0.2, 0) is 0 Å². The topological polar surface area (TPSA) is 16.1 Å². The number of rotatable bonds is 5. The first-order chi connectivity index (χ1) is 20.8. The maximum atomic E-state index is 4.80. The van der Waals surface area contributed by atoms with Crippen molar-refractivity contribution in [1.29, 1.82) is 0 Å². The van der Waals surface area contributed by atoms with Crippen molar-refractivity contribution in [2.75, 3.05) is 4.90 Å². The Labute approximate surface area is 248 Å². The van der Waals surface area contributed by atoms with Crippen molar-refractivity contribution in [3.63, 3.8) is 0 Å². The summed E-state index contributed by atoms with van der Waals surface area (Å²) in [6.07, 6.45) is 4.03. The Bertz CT molecular complexity index is 2180. The zero-order valence-corrected chi connectivity index (χ0v) is 23.6. The van der Waals surface area contributed by atoms with Gasteiger partial charge in [-0.1, -0.05) is 121 Å². The third-order valence-corrected chi connectivity index (χ3v) is 9.21. The Morgan fingerprint density at radius 2 is 1.10 bits per heavy atom. The summed E-state index contributed by atoms with van der Waals surface area (Å²) in [5.41, 5.74) is 8.06. The van der Waals surface area contributed by atoms with E-state index in [2.05, 4.69) is 150 Å². The minimum atomic E-state index is 1.08. The van der Waals surface area contributed by atoms with Crippen LogP contribution in [0.1, 0.15) is 0 Å². The standard InChI is InChI=1S/C39H26N2S/c1-3-10-27(11-4-1)29-18-21-32(22-19-29)41(33-16-9-15-31(24-33)28-12-5-2-6-13-28)37-26-40-25-36-35-23-20-30-14-7-8-17-34(30)38(35)42-39(36)37/h1-26H. The molecule has 6 aromatic carbocycles. The lowest BCUT2D eigenvalue weighted by molar-refractivity contribution is 1.26. The molecule has 0 spiro atoms. The number of pyridine rings is 1. The Kier molecular flexibility index (Phi) is 6.02. The van der Waals surface area contributed by atoms with Gasteiger partial charge in [-0.2, -0.15) is 0 Å². The third-order valence-electron chi connectivity index (χ3n) is 7.94. The molecule has 0 amide bonds. The molecule has 3 heteroatoms. The van der Waals surface area contributed by atoms with E-state index in [-0.39, 0.29) is 0 Å². The molecular weight excluding hydrogens is 529 g/mol. The van der Waals surface area contributed by atoms with Gasteiger partial charge >= 0.3 is 0 Å². The van der Waals surface area contributed by atoms with Crippen LogP contribution in [0, 0.1) is 0 Å². The Morgan fingerprint density at radius 3 is 1.88 bits per heavy atom. The van der Waals surface area contributed by atoms with E-state index in [1.165, 1.54) is 53.2 Å². The summed E-state index contributed by atoms with van der Waals surface area (Å²) in [6.45, 7) is 0. The highest BCUT2D eigenvalue weighted by molar-refractivity contribution is 7.27. The van der Waals surface area contributed by atoms with Crippen LogP contribution < -0.4 is 4.90 Å². The van der Waals surface area contributed by atoms with E-state index in [4.69, 9.17) is 4.98 Å². The smallest absolute Gasteiger partial charge is 0.0824 e. The lowest BCUT2D eigenvalue weighted by Crippen LogP contribution is -2.10. The van der Waals surface area contributed by atoms with Crippen molar-refractivity contribution < 1.29 is 0 Å². The average Bonchev–Trinajstić information content (AvgIpc) is 3.46. The average molecular weight is 555 g/mol. The van der Waals surface area contributed by atoms with Crippen LogP contribution in [0.25, 0.3) is 53.2 Å². The van der Waals surface area contributed by atoms with Crippen LogP contribution in [-0.4, -0.2) is 4.98 Å². The zero-order valence-electron chi connectivity index (χ0n) is 22.8. The molecule has 42 heavy (non-hydrogen) atoms. The Hall–Kier alpha value is -5.25. The summed E-state index contributed by atoms with van der Waals surface area (Å²) in [7, 11) is 0. The molecule has 198 valence electrons. The molecular formula is C39H26N2S. The number of benzene rings is 6. The van der Waals surface area contributed by atoms with Gasteiger partial charge < -0.3 is 4.90 Å². The molecule has 0 aliphatic carbocycles. The summed E-state index contributed by atoms with van der Waals surface area (Å²) in [5.74, 6) is 0. The minimum absolute atomic E-state index is 1.08. The van der Waals surface area contributed by atoms with Gasteiger partial charge in [0.2, 0.25) is 0 Å². The monoisotopic (exact) mass is 554 g/mol. The largest absolute Gasteiger partial charge is 0.308 e. The maximum absolute atomic E-state index is 4.80. The van der Waals surface area contributed by atoms with Gasteiger partial charge in [-0.15, -0.1) is 11.3 Å². The fourth-order valence-corrected chi connectivity index (χ4v) is 7.19. The van der Waals surface area contributed by atoms with Crippen LogP contribution in [0.3, 0.4) is 0 Å². The van der Waals surface area contributed by atoms with Crippen molar-refractivity contribution in [2.45, 2.75) is 0 Å². The Morgan fingerprint density at radius 1 is 0.429 bits per heavy atom. The molecule has 0 fully saturated rings. The molecule has 0 N–H and O–H groups in total. The summed E-state index contributed by atoms with van der Waals surface area (Å²) in [6, 6.07) is 51.9. The van der Waals surface area contributed by atoms with E-state index in [9.17, 15) is 0 Å². The first-order valence-electron chi connectivity index (χ1n) is 14.1. The lowest BCUT2D eigenvalue weighted by Gasteiger charge is -2.26. The molecule has 0 aliphatic heterocycles. The van der Waals surface area contributed by atoms with Gasteiger partial charge in [-0.3, -0.25) is 4.98 Å². The summed E-state index contributed by atoms with van der Waals surface area (Å²) < 4.78 is 2.53. The van der Waals surface area contributed by atoms with Crippen molar-refractivity contribution in [1.82, 2.24) is 4.98 Å². The van der Waals surface area contributed by atoms with Crippen molar-refractivity contribution in [3.05, 3.63) is 158 Å². The second kappa shape index (κ2) is 10.3. The minimum Gasteiger partial charge on any atom is -0.308 e. The fourth-order valence-electron chi connectivity index (χ4n) is 5.88. The van der Waals surface area contributed by atoms with E-state index in [1.807, 2.05) is 23.7 Å². The van der Waals surface area contributed by atoms with E-state index < -0.39 is 0 Å². The van der Waals surface area contributed by atoms with E-state index in [0.29, 0.717) is 0 Å². The van der Waals surface area contributed by atoms with Gasteiger partial charge in [0, 0.05) is 33.0 Å². The molecule has 2 aromatic heterocycles. The van der Waals surface area contributed by atoms with Gasteiger partial charge in [0.05, 0.1) is 16.6 Å². The van der Waals surface area contributed by atoms with Crippen LogP contribution in [0.2, 0.25) is 0 Å². The second-order valence-electron chi connectivity index (χ2n) is 10.5. The highest BCUT2D eigenvalue weighted by atomic mass is 32.1. The first kappa shape index (κ1) is 24.5. The van der Waals surface area contributed by atoms with Crippen molar-refractivity contribution in [2.24, 2.45) is 0 Å². The number of nitrogens with zero attached hydrogens (tertiary/aromatic N) is 2. The fraction of sp³-hybridized carbons (Fsp3) is 0. The lowest BCUT2D eigenvalue weighted by atomic mass is 10.0. The number of fused-ring (bicyclic) bond motifs is 5. The SMILES string of the molecule is c1ccc(-c2ccc(N(c3cccc(-c4ccccc4)c3)c3cncc4c3sc3c5ccccc5ccc43)cc2)cc1. The quantitative estimate of drug-likeness (QED) is 0.210. The number of hydrogen-bond donors (Lipinski definition) is 0. The molecule has 0 radical (unpaired) electrons. The third kappa shape index (κ3) is 4.23. The molecule has 8 aromatic rings. The number of anilines is 3. The molecule has 0 saturated carbocycles. The molecule has 0 aliphatic rings. The molecule has 0 saturated heterocycles. The van der Waals surface area contributed by atoms with Gasteiger partial charge in [0.1, 0.15) is 0 Å². The van der Waals surface area contributed by atoms with Gasteiger partial charge in [-0.25, -0.2) is 0 Å². The maximum Gasteiger partial charge on any atom is 0.0824 e. The van der Waals surface area contributed by atoms with Gasteiger partial charge in [-0.05, 0) is 57.3 Å². The van der Waals surface area contributed by atoms with Crippen LogP contribution in [0.15, 0.2) is 158 Å². The van der Waals surface area contributed by atoms with Crippen molar-refractivity contribution in [3.8, 4) is 22.3 Å². The molecule has 0 unspecified atom stereocenters. The number of thiophene rings is 1. The van der Waals surface area contributed by atoms with Crippen LogP contribution >= 0.6 is 11.3 Å². The molecule has 0 atom stereocenters. The van der Waals surface area contributed by atoms with E-state index in [0.717, 1.165) is 17.1 Å². The predicted octanol–water partition coefficient (Wildman–Crippen LogP) is 11.4. The molecule has 0 bridgehead atoms. The zero-order chi connectivity index (χ0) is 27.9. The van der Waals surface area contributed by atoms with E-state index >= 15 is 0 Å². The Balaban J connectivity index is 1.35. The number of hydrogen-bond acceptors (Lipinski definition) is 3. The summed E-state index contributed by atoms with van der Waals surface area (Å²) in [4.78, 5) is 7.15. The summed E-state index contributed by atoms with van der Waals surface area (Å²) >= 11 is 1.85. The molecule has 8 rings (SSSR count). The molecule has 2 nitrogen and oxygen atoms in total. The highest BCUT2D eigenvalue weighted by Crippen LogP contribution is 2.46. The van der Waals surface area contributed by atoms with Crippen LogP contribution in [0.5, 0.6) is 0 Å². The predicted molar refractivity (Wildman–Crippen MR) is 180 cm³/mol. The van der Waals surface area contributed by atoms with Gasteiger partial charge in [0.25, 0.3) is 0 Å². The first-order valence-corrected chi connectivity index (χ1v) is 14.9. The van der Waals surface area contributed by atoms with Crippen LogP contribution in [0.4, 0.5) is 17.1 Å². The van der Waals surface area contributed by atoms with Crippen molar-refractivity contribution >= 4 is 59.3 Å². The normalized spacial score (nSPS) is 11.3. The highest BCUT2D eigenvalue weighted by Gasteiger charge is 2.20. The number of aromatic nitrogens is 1. The van der Waals surface area contributed by atoms with E-state index in [1.54, 1.807) is 0 Å². The molecule has 2 heterocycles. The summed E-state index contributed by atoms with van der Waals surface area (Å²) in [5, 5.41) is 4.98.